The van der Waals surface area contributed by atoms with Crippen molar-refractivity contribution in [1.82, 2.24) is 0 Å². The van der Waals surface area contributed by atoms with Crippen LogP contribution in [0.5, 0.6) is 5.75 Å². The predicted octanol–water partition coefficient (Wildman–Crippen LogP) is 3.37. The highest BCUT2D eigenvalue weighted by molar-refractivity contribution is 7.98. The van der Waals surface area contributed by atoms with E-state index in [0.717, 1.165) is 17.9 Å². The van der Waals surface area contributed by atoms with Crippen LogP contribution in [0.3, 0.4) is 0 Å². The van der Waals surface area contributed by atoms with Crippen molar-refractivity contribution >= 4 is 11.8 Å². The van der Waals surface area contributed by atoms with Crippen LogP contribution in [-0.4, -0.2) is 19.1 Å². The minimum atomic E-state index is 0.132. The van der Waals surface area contributed by atoms with Crippen LogP contribution in [-0.2, 0) is 0 Å². The third-order valence-corrected chi connectivity index (χ3v) is 3.98. The Balaban J connectivity index is 3.11. The first-order valence-electron chi connectivity index (χ1n) is 5.92. The summed E-state index contributed by atoms with van der Waals surface area (Å²) in [6, 6.07) is 2.23. The summed E-state index contributed by atoms with van der Waals surface area (Å²) < 4.78 is 5.38. The average Bonchev–Trinajstić information content (AvgIpc) is 2.31. The Bertz CT molecular complexity index is 390. The molecule has 3 heteroatoms. The molecule has 0 aromatic heterocycles. The van der Waals surface area contributed by atoms with Gasteiger partial charge in [0.25, 0.3) is 0 Å². The van der Waals surface area contributed by atoms with Gasteiger partial charge in [0.2, 0.25) is 0 Å². The quantitative estimate of drug-likeness (QED) is 0.874. The molecule has 1 aromatic carbocycles. The summed E-state index contributed by atoms with van der Waals surface area (Å²) in [5, 5.41) is 0. The standard InChI is InChI=1S/C14H23NOS/c1-9-8-13(16-4)10(2)11(3)14(9)12(15)6-7-17-5/h8,12H,6-7,15H2,1-5H3. The summed E-state index contributed by atoms with van der Waals surface area (Å²) in [5.74, 6) is 2.06. The third-order valence-electron chi connectivity index (χ3n) is 3.33. The van der Waals surface area contributed by atoms with Gasteiger partial charge in [0.1, 0.15) is 5.75 Å². The maximum Gasteiger partial charge on any atom is 0.122 e. The van der Waals surface area contributed by atoms with Gasteiger partial charge in [0.05, 0.1) is 7.11 Å². The van der Waals surface area contributed by atoms with Gasteiger partial charge < -0.3 is 10.5 Å². The zero-order valence-corrected chi connectivity index (χ0v) is 12.3. The molecule has 17 heavy (non-hydrogen) atoms. The van der Waals surface area contributed by atoms with Crippen molar-refractivity contribution in [3.05, 3.63) is 28.3 Å². The van der Waals surface area contributed by atoms with Crippen LogP contribution in [0, 0.1) is 20.8 Å². The smallest absolute Gasteiger partial charge is 0.122 e. The summed E-state index contributed by atoms with van der Waals surface area (Å²) in [6.45, 7) is 6.35. The Morgan fingerprint density at radius 2 is 1.94 bits per heavy atom. The van der Waals surface area contributed by atoms with Crippen LogP contribution in [0.4, 0.5) is 0 Å². The van der Waals surface area contributed by atoms with Crippen molar-refractivity contribution in [3.63, 3.8) is 0 Å². The number of thioether (sulfide) groups is 1. The molecular formula is C14H23NOS. The first kappa shape index (κ1) is 14.4. The second-order valence-electron chi connectivity index (χ2n) is 4.45. The Morgan fingerprint density at radius 3 is 2.47 bits per heavy atom. The minimum Gasteiger partial charge on any atom is -0.496 e. The molecule has 0 spiro atoms. The Morgan fingerprint density at radius 1 is 1.29 bits per heavy atom. The highest BCUT2D eigenvalue weighted by atomic mass is 32.2. The Labute approximate surface area is 109 Å². The summed E-state index contributed by atoms with van der Waals surface area (Å²) in [6.07, 6.45) is 3.14. The largest absolute Gasteiger partial charge is 0.496 e. The molecule has 1 aromatic rings. The van der Waals surface area contributed by atoms with E-state index in [1.165, 1.54) is 22.3 Å². The number of ether oxygens (including phenoxy) is 1. The van der Waals surface area contributed by atoms with Crippen LogP contribution in [0.2, 0.25) is 0 Å². The number of aryl methyl sites for hydroxylation is 1. The van der Waals surface area contributed by atoms with Crippen molar-refractivity contribution in [2.45, 2.75) is 33.2 Å². The molecule has 0 fully saturated rings. The van der Waals surface area contributed by atoms with E-state index in [1.54, 1.807) is 7.11 Å². The van der Waals surface area contributed by atoms with Crippen LogP contribution in [0.15, 0.2) is 6.07 Å². The third kappa shape index (κ3) is 3.17. The number of hydrogen-bond donors (Lipinski definition) is 1. The topological polar surface area (TPSA) is 35.2 Å². The lowest BCUT2D eigenvalue weighted by atomic mass is 9.91. The molecular weight excluding hydrogens is 230 g/mol. The summed E-state index contributed by atoms with van der Waals surface area (Å²) in [4.78, 5) is 0. The molecule has 1 atom stereocenters. The number of nitrogens with two attached hydrogens (primary N) is 1. The first-order chi connectivity index (χ1) is 8.02. The van der Waals surface area contributed by atoms with Gasteiger partial charge in [-0.1, -0.05) is 0 Å². The van der Waals surface area contributed by atoms with Crippen LogP contribution >= 0.6 is 11.8 Å². The van der Waals surface area contributed by atoms with Crippen molar-refractivity contribution in [1.29, 1.82) is 0 Å². The van der Waals surface area contributed by atoms with Crippen molar-refractivity contribution < 1.29 is 4.74 Å². The predicted molar refractivity (Wildman–Crippen MR) is 77.1 cm³/mol. The zero-order valence-electron chi connectivity index (χ0n) is 11.5. The average molecular weight is 253 g/mol. The normalized spacial score (nSPS) is 12.6. The van der Waals surface area contributed by atoms with E-state index in [4.69, 9.17) is 10.5 Å². The number of benzene rings is 1. The molecule has 0 amide bonds. The molecule has 0 bridgehead atoms. The van der Waals surface area contributed by atoms with E-state index in [9.17, 15) is 0 Å². The van der Waals surface area contributed by atoms with Crippen LogP contribution in [0.1, 0.15) is 34.7 Å². The summed E-state index contributed by atoms with van der Waals surface area (Å²) >= 11 is 1.84. The van der Waals surface area contributed by atoms with E-state index in [1.807, 2.05) is 11.8 Å². The molecule has 0 aliphatic heterocycles. The SMILES string of the molecule is COc1cc(C)c(C(N)CCSC)c(C)c1C. The maximum absolute atomic E-state index is 6.29. The lowest BCUT2D eigenvalue weighted by Crippen LogP contribution is -2.15. The van der Waals surface area contributed by atoms with Gasteiger partial charge in [-0.25, -0.2) is 0 Å². The molecule has 0 heterocycles. The fourth-order valence-electron chi connectivity index (χ4n) is 2.24. The first-order valence-corrected chi connectivity index (χ1v) is 7.31. The van der Waals surface area contributed by atoms with Gasteiger partial charge in [-0.2, -0.15) is 11.8 Å². The van der Waals surface area contributed by atoms with E-state index >= 15 is 0 Å². The highest BCUT2D eigenvalue weighted by Crippen LogP contribution is 2.31. The van der Waals surface area contributed by atoms with Gasteiger partial charge in [0.15, 0.2) is 0 Å². The number of rotatable bonds is 5. The van der Waals surface area contributed by atoms with Gasteiger partial charge in [-0.3, -0.25) is 0 Å². The Hall–Kier alpha value is -0.670. The molecule has 1 unspecified atom stereocenters. The lowest BCUT2D eigenvalue weighted by molar-refractivity contribution is 0.410. The summed E-state index contributed by atoms with van der Waals surface area (Å²) in [7, 11) is 1.72. The highest BCUT2D eigenvalue weighted by Gasteiger charge is 2.15. The number of hydrogen-bond acceptors (Lipinski definition) is 3. The second-order valence-corrected chi connectivity index (χ2v) is 5.43. The van der Waals surface area contributed by atoms with Crippen molar-refractivity contribution in [2.75, 3.05) is 19.1 Å². The van der Waals surface area contributed by atoms with Crippen LogP contribution < -0.4 is 10.5 Å². The van der Waals surface area contributed by atoms with Crippen molar-refractivity contribution in [3.8, 4) is 5.75 Å². The molecule has 1 rings (SSSR count). The van der Waals surface area contributed by atoms with Crippen LogP contribution in [0.25, 0.3) is 0 Å². The fraction of sp³-hybridized carbons (Fsp3) is 0.571. The minimum absolute atomic E-state index is 0.132. The molecule has 0 saturated heterocycles. The van der Waals surface area contributed by atoms with E-state index < -0.39 is 0 Å². The Kier molecular flexibility index (Phi) is 5.34. The zero-order chi connectivity index (χ0) is 13.0. The molecule has 0 aliphatic rings. The lowest BCUT2D eigenvalue weighted by Gasteiger charge is -2.20. The molecule has 0 aliphatic carbocycles. The van der Waals surface area contributed by atoms with Gasteiger partial charge in [-0.05, 0) is 67.5 Å². The van der Waals surface area contributed by atoms with Crippen molar-refractivity contribution in [2.24, 2.45) is 5.73 Å². The molecule has 96 valence electrons. The molecule has 2 nitrogen and oxygen atoms in total. The number of methoxy groups -OCH3 is 1. The molecule has 2 N–H and O–H groups in total. The second kappa shape index (κ2) is 6.31. The maximum atomic E-state index is 6.29. The van der Waals surface area contributed by atoms with E-state index in [-0.39, 0.29) is 6.04 Å². The molecule has 0 radical (unpaired) electrons. The fourth-order valence-corrected chi connectivity index (χ4v) is 2.73. The van der Waals surface area contributed by atoms with Gasteiger partial charge in [0, 0.05) is 6.04 Å². The summed E-state index contributed by atoms with van der Waals surface area (Å²) in [5.41, 5.74) is 11.3. The van der Waals surface area contributed by atoms with E-state index in [2.05, 4.69) is 33.1 Å². The van der Waals surface area contributed by atoms with Gasteiger partial charge >= 0.3 is 0 Å². The van der Waals surface area contributed by atoms with Gasteiger partial charge in [-0.15, -0.1) is 0 Å². The molecule has 0 saturated carbocycles. The van der Waals surface area contributed by atoms with E-state index in [0.29, 0.717) is 0 Å². The monoisotopic (exact) mass is 253 g/mol.